The van der Waals surface area contributed by atoms with E-state index in [9.17, 15) is 4.39 Å². The highest BCUT2D eigenvalue weighted by molar-refractivity contribution is 5.50. The minimum absolute atomic E-state index is 0.107. The third-order valence-corrected chi connectivity index (χ3v) is 2.79. The van der Waals surface area contributed by atoms with Crippen molar-refractivity contribution in [3.05, 3.63) is 29.1 Å². The average Bonchev–Trinajstić information content (AvgIpc) is 2.71. The van der Waals surface area contributed by atoms with E-state index in [4.69, 9.17) is 4.74 Å². The lowest BCUT2D eigenvalue weighted by Gasteiger charge is -2.06. The summed E-state index contributed by atoms with van der Waals surface area (Å²) in [5, 5.41) is 0. The Morgan fingerprint density at radius 2 is 2.33 bits per heavy atom. The maximum atomic E-state index is 13.1. The Hall–Kier alpha value is -1.05. The van der Waals surface area contributed by atoms with Gasteiger partial charge in [0, 0.05) is 11.5 Å². The van der Waals surface area contributed by atoms with Gasteiger partial charge in [0.25, 0.3) is 0 Å². The molecule has 0 spiro atoms. The predicted molar refractivity (Wildman–Crippen MR) is 42.9 cm³/mol. The highest BCUT2D eigenvalue weighted by Gasteiger charge is 2.49. The monoisotopic (exact) mass is 164 g/mol. The van der Waals surface area contributed by atoms with Gasteiger partial charge in [0.05, 0.1) is 0 Å². The van der Waals surface area contributed by atoms with Crippen LogP contribution in [0, 0.1) is 12.7 Å². The van der Waals surface area contributed by atoms with Crippen LogP contribution < -0.4 is 4.74 Å². The quantitative estimate of drug-likeness (QED) is 0.572. The van der Waals surface area contributed by atoms with Gasteiger partial charge < -0.3 is 4.74 Å². The maximum absolute atomic E-state index is 13.1. The van der Waals surface area contributed by atoms with Crippen LogP contribution >= 0.6 is 0 Å². The first kappa shape index (κ1) is 6.46. The van der Waals surface area contributed by atoms with E-state index in [1.54, 1.807) is 6.07 Å². The fraction of sp³-hybridized carbons (Fsp3) is 0.400. The Kier molecular flexibility index (Phi) is 0.978. The lowest BCUT2D eigenvalue weighted by molar-refractivity contribution is 0.318. The van der Waals surface area contributed by atoms with Crippen molar-refractivity contribution in [3.8, 4) is 5.75 Å². The van der Waals surface area contributed by atoms with Crippen molar-refractivity contribution >= 4 is 0 Å². The van der Waals surface area contributed by atoms with E-state index in [0.29, 0.717) is 12.0 Å². The van der Waals surface area contributed by atoms with Crippen molar-refractivity contribution in [2.24, 2.45) is 0 Å². The van der Waals surface area contributed by atoms with E-state index >= 15 is 0 Å². The topological polar surface area (TPSA) is 9.23 Å². The van der Waals surface area contributed by atoms with Crippen molar-refractivity contribution in [2.75, 3.05) is 0 Å². The first-order chi connectivity index (χ1) is 5.77. The standard InChI is InChI=1S/C10H9FO/c1-5-7(11)2-3-8-10(5)6-4-9(6)12-8/h2-3,6,9H,4H2,1H3. The van der Waals surface area contributed by atoms with E-state index in [2.05, 4.69) is 0 Å². The number of ether oxygens (including phenoxy) is 1. The molecule has 2 unspecified atom stereocenters. The summed E-state index contributed by atoms with van der Waals surface area (Å²) in [4.78, 5) is 0. The summed E-state index contributed by atoms with van der Waals surface area (Å²) in [6, 6.07) is 3.22. The van der Waals surface area contributed by atoms with Crippen molar-refractivity contribution in [2.45, 2.75) is 25.4 Å². The van der Waals surface area contributed by atoms with Crippen LogP contribution in [-0.2, 0) is 0 Å². The molecule has 0 saturated heterocycles. The molecule has 12 heavy (non-hydrogen) atoms. The third-order valence-electron chi connectivity index (χ3n) is 2.79. The molecule has 2 heteroatoms. The molecule has 1 nitrogen and oxygen atoms in total. The fourth-order valence-corrected chi connectivity index (χ4v) is 2.01. The van der Waals surface area contributed by atoms with Crippen molar-refractivity contribution in [3.63, 3.8) is 0 Å². The molecule has 0 amide bonds. The molecule has 1 fully saturated rings. The van der Waals surface area contributed by atoms with Crippen LogP contribution in [0.25, 0.3) is 0 Å². The molecular formula is C10H9FO. The number of halogens is 1. The Labute approximate surface area is 70.2 Å². The number of fused-ring (bicyclic) bond motifs is 3. The summed E-state index contributed by atoms with van der Waals surface area (Å²) in [5.74, 6) is 1.29. The Morgan fingerprint density at radius 3 is 3.17 bits per heavy atom. The SMILES string of the molecule is Cc1c(F)ccc2c1C1CC1O2. The van der Waals surface area contributed by atoms with Crippen molar-refractivity contribution < 1.29 is 9.13 Å². The number of hydrogen-bond acceptors (Lipinski definition) is 1. The fourth-order valence-electron chi connectivity index (χ4n) is 2.01. The molecule has 1 aliphatic heterocycles. The molecule has 0 N–H and O–H groups in total. The highest BCUT2D eigenvalue weighted by atomic mass is 19.1. The number of benzene rings is 1. The third kappa shape index (κ3) is 0.631. The van der Waals surface area contributed by atoms with Gasteiger partial charge in [0.15, 0.2) is 0 Å². The van der Waals surface area contributed by atoms with Crippen LogP contribution in [-0.4, -0.2) is 6.10 Å². The number of hydrogen-bond donors (Lipinski definition) is 0. The lowest BCUT2D eigenvalue weighted by atomic mass is 10.0. The molecule has 1 aromatic carbocycles. The van der Waals surface area contributed by atoms with E-state index < -0.39 is 0 Å². The second kappa shape index (κ2) is 1.82. The normalized spacial score (nSPS) is 29.2. The van der Waals surface area contributed by atoms with Crippen LogP contribution in [0.1, 0.15) is 23.5 Å². The Balaban J connectivity index is 2.26. The molecule has 3 rings (SSSR count). The average molecular weight is 164 g/mol. The van der Waals surface area contributed by atoms with E-state index in [1.807, 2.05) is 6.92 Å². The van der Waals surface area contributed by atoms with Gasteiger partial charge in [-0.15, -0.1) is 0 Å². The van der Waals surface area contributed by atoms with Crippen LogP contribution in [0.2, 0.25) is 0 Å². The minimum Gasteiger partial charge on any atom is -0.489 e. The molecule has 62 valence electrons. The Morgan fingerprint density at radius 1 is 1.50 bits per heavy atom. The molecule has 0 bridgehead atoms. The second-order valence-corrected chi connectivity index (χ2v) is 3.58. The largest absolute Gasteiger partial charge is 0.489 e. The predicted octanol–water partition coefficient (Wildman–Crippen LogP) is 2.38. The molecule has 0 radical (unpaired) electrons. The molecule has 2 aliphatic rings. The van der Waals surface area contributed by atoms with Crippen LogP contribution in [0.15, 0.2) is 12.1 Å². The van der Waals surface area contributed by atoms with Gasteiger partial charge in [-0.05, 0) is 31.0 Å². The Bertz CT molecular complexity index is 359. The molecule has 1 saturated carbocycles. The molecule has 2 atom stereocenters. The summed E-state index contributed by atoms with van der Waals surface area (Å²) < 4.78 is 18.7. The van der Waals surface area contributed by atoms with Gasteiger partial charge in [0.1, 0.15) is 17.7 Å². The van der Waals surface area contributed by atoms with Gasteiger partial charge in [-0.3, -0.25) is 0 Å². The number of rotatable bonds is 0. The zero-order valence-corrected chi connectivity index (χ0v) is 6.80. The van der Waals surface area contributed by atoms with Gasteiger partial charge in [-0.2, -0.15) is 0 Å². The van der Waals surface area contributed by atoms with Crippen molar-refractivity contribution in [1.29, 1.82) is 0 Å². The first-order valence-electron chi connectivity index (χ1n) is 4.23. The van der Waals surface area contributed by atoms with E-state index in [-0.39, 0.29) is 5.82 Å². The molecular weight excluding hydrogens is 155 g/mol. The lowest BCUT2D eigenvalue weighted by Crippen LogP contribution is -1.92. The minimum atomic E-state index is -0.107. The summed E-state index contributed by atoms with van der Waals surface area (Å²) in [6.45, 7) is 1.83. The van der Waals surface area contributed by atoms with E-state index in [1.165, 1.54) is 6.07 Å². The summed E-state index contributed by atoms with van der Waals surface area (Å²) in [7, 11) is 0. The van der Waals surface area contributed by atoms with Gasteiger partial charge in [0.2, 0.25) is 0 Å². The maximum Gasteiger partial charge on any atom is 0.126 e. The van der Waals surface area contributed by atoms with Gasteiger partial charge in [-0.25, -0.2) is 4.39 Å². The van der Waals surface area contributed by atoms with Gasteiger partial charge in [-0.1, -0.05) is 0 Å². The molecule has 1 heterocycles. The highest BCUT2D eigenvalue weighted by Crippen LogP contribution is 2.54. The van der Waals surface area contributed by atoms with Crippen LogP contribution in [0.3, 0.4) is 0 Å². The first-order valence-corrected chi connectivity index (χ1v) is 4.23. The molecule has 0 aromatic heterocycles. The zero-order valence-electron chi connectivity index (χ0n) is 6.80. The molecule has 1 aromatic rings. The summed E-state index contributed by atoms with van der Waals surface area (Å²) >= 11 is 0. The zero-order chi connectivity index (χ0) is 8.29. The smallest absolute Gasteiger partial charge is 0.126 e. The van der Waals surface area contributed by atoms with Crippen LogP contribution in [0.5, 0.6) is 5.75 Å². The second-order valence-electron chi connectivity index (χ2n) is 3.58. The summed E-state index contributed by atoms with van der Waals surface area (Å²) in [5.41, 5.74) is 1.89. The molecule has 1 aliphatic carbocycles. The van der Waals surface area contributed by atoms with Gasteiger partial charge >= 0.3 is 0 Å². The van der Waals surface area contributed by atoms with E-state index in [0.717, 1.165) is 23.3 Å². The van der Waals surface area contributed by atoms with Crippen LogP contribution in [0.4, 0.5) is 4.39 Å². The summed E-state index contributed by atoms with van der Waals surface area (Å²) in [6.07, 6.45) is 1.44. The van der Waals surface area contributed by atoms with Crippen molar-refractivity contribution in [1.82, 2.24) is 0 Å².